The fraction of sp³-hybridized carbons (Fsp3) is 0.692. The van der Waals surface area contributed by atoms with Crippen LogP contribution in [0.25, 0.3) is 0 Å². The maximum Gasteiger partial charge on any atom is 0.241 e. The molecular formula is C13H22N2O2S2. The average molecular weight is 302 g/mol. The molecule has 1 heterocycles. The Morgan fingerprint density at radius 2 is 2.16 bits per heavy atom. The summed E-state index contributed by atoms with van der Waals surface area (Å²) >= 11 is 1.49. The molecule has 6 heteroatoms. The summed E-state index contributed by atoms with van der Waals surface area (Å²) < 4.78 is 26.9. The van der Waals surface area contributed by atoms with Gasteiger partial charge in [0.15, 0.2) is 0 Å². The largest absolute Gasteiger partial charge is 0.310 e. The van der Waals surface area contributed by atoms with E-state index in [9.17, 15) is 8.42 Å². The van der Waals surface area contributed by atoms with Gasteiger partial charge in [0.05, 0.1) is 4.90 Å². The Morgan fingerprint density at radius 1 is 1.42 bits per heavy atom. The first kappa shape index (κ1) is 15.0. The van der Waals surface area contributed by atoms with Gasteiger partial charge in [-0.15, -0.1) is 11.3 Å². The summed E-state index contributed by atoms with van der Waals surface area (Å²) in [6.45, 7) is 5.45. The molecule has 1 aromatic rings. The van der Waals surface area contributed by atoms with Crippen molar-refractivity contribution in [3.8, 4) is 0 Å². The summed E-state index contributed by atoms with van der Waals surface area (Å²) in [5.74, 6) is 0.537. The van der Waals surface area contributed by atoms with Crippen LogP contribution in [0.1, 0.15) is 38.0 Å². The highest BCUT2D eigenvalue weighted by Gasteiger charge is 2.22. The number of hydrogen-bond acceptors (Lipinski definition) is 4. The van der Waals surface area contributed by atoms with Crippen LogP contribution in [0.5, 0.6) is 0 Å². The predicted octanol–water partition coefficient (Wildman–Crippen LogP) is 2.32. The lowest BCUT2D eigenvalue weighted by Gasteiger charge is -2.25. The normalized spacial score (nSPS) is 16.8. The molecule has 0 amide bonds. The lowest BCUT2D eigenvalue weighted by molar-refractivity contribution is 0.316. The molecule has 0 aliphatic heterocycles. The van der Waals surface area contributed by atoms with Crippen molar-refractivity contribution in [3.05, 3.63) is 16.3 Å². The zero-order valence-electron chi connectivity index (χ0n) is 11.5. The quantitative estimate of drug-likeness (QED) is 0.812. The van der Waals surface area contributed by atoms with Gasteiger partial charge in [-0.25, -0.2) is 13.1 Å². The maximum absolute atomic E-state index is 12.1. The molecule has 1 fully saturated rings. The van der Waals surface area contributed by atoms with Crippen molar-refractivity contribution in [1.82, 2.24) is 10.0 Å². The molecule has 0 radical (unpaired) electrons. The van der Waals surface area contributed by atoms with Crippen molar-refractivity contribution in [2.24, 2.45) is 5.92 Å². The fourth-order valence-corrected chi connectivity index (χ4v) is 4.25. The molecule has 1 saturated carbocycles. The minimum absolute atomic E-state index is 0.400. The summed E-state index contributed by atoms with van der Waals surface area (Å²) in [4.78, 5) is 1.45. The minimum Gasteiger partial charge on any atom is -0.310 e. The molecule has 4 nitrogen and oxygen atoms in total. The van der Waals surface area contributed by atoms with Crippen molar-refractivity contribution in [2.45, 2.75) is 50.6 Å². The van der Waals surface area contributed by atoms with Crippen molar-refractivity contribution in [3.63, 3.8) is 0 Å². The van der Waals surface area contributed by atoms with E-state index in [1.807, 2.05) is 0 Å². The van der Waals surface area contributed by atoms with Crippen LogP contribution >= 0.6 is 11.3 Å². The lowest BCUT2D eigenvalue weighted by Crippen LogP contribution is -2.32. The van der Waals surface area contributed by atoms with Crippen LogP contribution in [-0.2, 0) is 16.6 Å². The second-order valence-corrected chi connectivity index (χ2v) is 8.20. The van der Waals surface area contributed by atoms with Crippen molar-refractivity contribution in [2.75, 3.05) is 6.54 Å². The third kappa shape index (κ3) is 4.27. The molecule has 19 heavy (non-hydrogen) atoms. The van der Waals surface area contributed by atoms with Gasteiger partial charge in [-0.1, -0.05) is 20.3 Å². The molecule has 2 N–H and O–H groups in total. The molecule has 1 aliphatic rings. The second kappa shape index (κ2) is 6.35. The summed E-state index contributed by atoms with van der Waals surface area (Å²) in [6.07, 6.45) is 3.53. The van der Waals surface area contributed by atoms with E-state index in [1.54, 1.807) is 11.4 Å². The third-order valence-corrected chi connectivity index (χ3v) is 5.90. The zero-order valence-corrected chi connectivity index (χ0v) is 13.1. The molecule has 1 aromatic heterocycles. The standard InChI is InChI=1S/C13H22N2O2S2/c1-10(2)14-8-12-6-13(9-18-12)19(16,17)15-7-11-4-3-5-11/h6,9-11,14-15H,3-5,7-8H2,1-2H3. The van der Waals surface area contributed by atoms with E-state index in [4.69, 9.17) is 0 Å². The van der Waals surface area contributed by atoms with Gasteiger partial charge in [0.25, 0.3) is 0 Å². The van der Waals surface area contributed by atoms with Gasteiger partial charge in [-0.2, -0.15) is 0 Å². The molecule has 2 rings (SSSR count). The van der Waals surface area contributed by atoms with E-state index in [-0.39, 0.29) is 0 Å². The van der Waals surface area contributed by atoms with E-state index < -0.39 is 10.0 Å². The molecule has 108 valence electrons. The Bertz CT molecular complexity index is 504. The highest BCUT2D eigenvalue weighted by Crippen LogP contribution is 2.26. The van der Waals surface area contributed by atoms with Crippen LogP contribution < -0.4 is 10.0 Å². The summed E-state index contributed by atoms with van der Waals surface area (Å²) in [5, 5.41) is 5.01. The van der Waals surface area contributed by atoms with Crippen LogP contribution in [0.2, 0.25) is 0 Å². The van der Waals surface area contributed by atoms with Crippen molar-refractivity contribution < 1.29 is 8.42 Å². The van der Waals surface area contributed by atoms with Crippen LogP contribution in [0, 0.1) is 5.92 Å². The fourth-order valence-electron chi connectivity index (χ4n) is 1.91. The summed E-state index contributed by atoms with van der Waals surface area (Å²) in [5.41, 5.74) is 0. The Hall–Kier alpha value is -0.430. The van der Waals surface area contributed by atoms with E-state index in [0.717, 1.165) is 24.3 Å². The van der Waals surface area contributed by atoms with Crippen LogP contribution in [0.15, 0.2) is 16.3 Å². The summed E-state index contributed by atoms with van der Waals surface area (Å²) in [6, 6.07) is 2.17. The van der Waals surface area contributed by atoms with Crippen LogP contribution in [0.3, 0.4) is 0 Å². The van der Waals surface area contributed by atoms with Crippen molar-refractivity contribution in [1.29, 1.82) is 0 Å². The molecule has 0 atom stereocenters. The Morgan fingerprint density at radius 3 is 2.74 bits per heavy atom. The first-order valence-electron chi connectivity index (χ1n) is 6.78. The maximum atomic E-state index is 12.1. The molecule has 0 spiro atoms. The van der Waals surface area contributed by atoms with Gasteiger partial charge in [0.1, 0.15) is 0 Å². The van der Waals surface area contributed by atoms with E-state index in [1.165, 1.54) is 17.8 Å². The molecule has 0 aromatic carbocycles. The smallest absolute Gasteiger partial charge is 0.241 e. The lowest BCUT2D eigenvalue weighted by atomic mass is 9.86. The Labute approximate surface area is 119 Å². The number of sulfonamides is 1. The van der Waals surface area contributed by atoms with Gasteiger partial charge in [-0.3, -0.25) is 0 Å². The number of nitrogens with one attached hydrogen (secondary N) is 2. The van der Waals surface area contributed by atoms with Gasteiger partial charge in [0, 0.05) is 29.4 Å². The number of thiophene rings is 1. The second-order valence-electron chi connectivity index (χ2n) is 5.43. The molecule has 0 bridgehead atoms. The SMILES string of the molecule is CC(C)NCc1cc(S(=O)(=O)NCC2CCC2)cs1. The van der Waals surface area contributed by atoms with E-state index in [2.05, 4.69) is 23.9 Å². The number of hydrogen-bond donors (Lipinski definition) is 2. The average Bonchev–Trinajstić information content (AvgIpc) is 2.73. The van der Waals surface area contributed by atoms with Crippen LogP contribution in [0.4, 0.5) is 0 Å². The Kier molecular flexibility index (Phi) is 5.00. The predicted molar refractivity (Wildman–Crippen MR) is 78.8 cm³/mol. The minimum atomic E-state index is -3.32. The Balaban J connectivity index is 1.91. The van der Waals surface area contributed by atoms with Crippen molar-refractivity contribution >= 4 is 21.4 Å². The topological polar surface area (TPSA) is 58.2 Å². The molecular weight excluding hydrogens is 280 g/mol. The van der Waals surface area contributed by atoms with E-state index in [0.29, 0.717) is 23.4 Å². The van der Waals surface area contributed by atoms with Crippen LogP contribution in [-0.4, -0.2) is 21.0 Å². The summed E-state index contributed by atoms with van der Waals surface area (Å²) in [7, 11) is -3.32. The van der Waals surface area contributed by atoms with Gasteiger partial charge in [-0.05, 0) is 24.8 Å². The first-order chi connectivity index (χ1) is 8.97. The molecule has 0 saturated heterocycles. The highest BCUT2D eigenvalue weighted by molar-refractivity contribution is 7.89. The molecule has 0 unspecified atom stereocenters. The van der Waals surface area contributed by atoms with E-state index >= 15 is 0 Å². The monoisotopic (exact) mass is 302 g/mol. The van der Waals surface area contributed by atoms with Gasteiger partial charge < -0.3 is 5.32 Å². The zero-order chi connectivity index (χ0) is 13.9. The molecule has 1 aliphatic carbocycles. The first-order valence-corrected chi connectivity index (χ1v) is 9.14. The third-order valence-electron chi connectivity index (χ3n) is 3.41. The van der Waals surface area contributed by atoms with Gasteiger partial charge >= 0.3 is 0 Å². The number of rotatable bonds is 7. The highest BCUT2D eigenvalue weighted by atomic mass is 32.2. The van der Waals surface area contributed by atoms with Gasteiger partial charge in [0.2, 0.25) is 10.0 Å².